The Bertz CT molecular complexity index is 1080. The molecule has 8 heteroatoms. The Morgan fingerprint density at radius 3 is 2.85 bits per heavy atom. The molecule has 136 valence electrons. The van der Waals surface area contributed by atoms with Crippen molar-refractivity contribution in [2.75, 3.05) is 11.4 Å². The van der Waals surface area contributed by atoms with E-state index in [0.29, 0.717) is 28.6 Å². The quantitative estimate of drug-likeness (QED) is 0.464. The van der Waals surface area contributed by atoms with Gasteiger partial charge in [-0.15, -0.1) is 11.3 Å². The van der Waals surface area contributed by atoms with Crippen LogP contribution in [0.2, 0.25) is 5.02 Å². The van der Waals surface area contributed by atoms with Gasteiger partial charge in [0, 0.05) is 35.0 Å². The van der Waals surface area contributed by atoms with E-state index in [0.717, 1.165) is 21.8 Å². The van der Waals surface area contributed by atoms with Gasteiger partial charge < -0.3 is 4.90 Å². The summed E-state index contributed by atoms with van der Waals surface area (Å²) in [5, 5.41) is 12.3. The van der Waals surface area contributed by atoms with Crippen LogP contribution in [0.5, 0.6) is 0 Å². The third-order valence-corrected chi connectivity index (χ3v) is 5.91. The molecule has 0 unspecified atom stereocenters. The summed E-state index contributed by atoms with van der Waals surface area (Å²) < 4.78 is 0. The number of non-ortho nitro benzene ring substituents is 1. The van der Waals surface area contributed by atoms with E-state index in [1.807, 2.05) is 25.1 Å². The number of benzene rings is 2. The van der Waals surface area contributed by atoms with Crippen molar-refractivity contribution >= 4 is 40.2 Å². The molecule has 0 fully saturated rings. The monoisotopic (exact) mass is 399 g/mol. The van der Waals surface area contributed by atoms with Gasteiger partial charge in [-0.1, -0.05) is 23.7 Å². The molecule has 1 aliphatic heterocycles. The zero-order chi connectivity index (χ0) is 19.1. The zero-order valence-corrected chi connectivity index (χ0v) is 15.9. The molecule has 0 atom stereocenters. The number of nitro benzene ring substituents is 1. The minimum absolute atomic E-state index is 0.0419. The van der Waals surface area contributed by atoms with E-state index in [4.69, 9.17) is 11.6 Å². The molecule has 3 aromatic rings. The van der Waals surface area contributed by atoms with Crippen LogP contribution in [0.25, 0.3) is 10.6 Å². The van der Waals surface area contributed by atoms with Gasteiger partial charge in [0.25, 0.3) is 11.6 Å². The number of nitrogens with zero attached hydrogens (tertiary/aromatic N) is 3. The fourth-order valence-corrected chi connectivity index (χ4v) is 4.38. The minimum atomic E-state index is -0.421. The molecule has 2 heterocycles. The van der Waals surface area contributed by atoms with Crippen molar-refractivity contribution < 1.29 is 9.72 Å². The first-order chi connectivity index (χ1) is 12.9. The maximum atomic E-state index is 13.1. The van der Waals surface area contributed by atoms with Gasteiger partial charge in [-0.2, -0.15) is 0 Å². The summed E-state index contributed by atoms with van der Waals surface area (Å²) >= 11 is 7.38. The van der Waals surface area contributed by atoms with Crippen LogP contribution in [0.4, 0.5) is 11.4 Å². The lowest BCUT2D eigenvalue weighted by atomic mass is 10.1. The van der Waals surface area contributed by atoms with Crippen LogP contribution >= 0.6 is 22.9 Å². The van der Waals surface area contributed by atoms with E-state index in [2.05, 4.69) is 4.98 Å². The van der Waals surface area contributed by atoms with Crippen molar-refractivity contribution in [3.8, 4) is 10.6 Å². The molecule has 0 N–H and O–H groups in total. The molecular weight excluding hydrogens is 386 g/mol. The molecule has 2 aromatic carbocycles. The van der Waals surface area contributed by atoms with Gasteiger partial charge in [-0.25, -0.2) is 4.98 Å². The second kappa shape index (κ2) is 6.75. The molecule has 0 spiro atoms. The fraction of sp³-hybridized carbons (Fsp3) is 0.158. The first kappa shape index (κ1) is 17.6. The zero-order valence-electron chi connectivity index (χ0n) is 14.3. The molecular formula is C19H14ClN3O3S. The lowest BCUT2D eigenvalue weighted by Gasteiger charge is -2.16. The summed E-state index contributed by atoms with van der Waals surface area (Å²) in [6, 6.07) is 12.0. The smallest absolute Gasteiger partial charge is 0.270 e. The summed E-state index contributed by atoms with van der Waals surface area (Å²) in [6.45, 7) is 2.31. The van der Waals surface area contributed by atoms with E-state index in [1.54, 1.807) is 23.1 Å². The predicted molar refractivity (Wildman–Crippen MR) is 106 cm³/mol. The first-order valence-corrected chi connectivity index (χ1v) is 9.46. The highest BCUT2D eigenvalue weighted by atomic mass is 35.5. The average molecular weight is 400 g/mol. The Hall–Kier alpha value is -2.77. The highest BCUT2D eigenvalue weighted by molar-refractivity contribution is 7.17. The lowest BCUT2D eigenvalue weighted by molar-refractivity contribution is -0.384. The molecule has 27 heavy (non-hydrogen) atoms. The second-order valence-electron chi connectivity index (χ2n) is 6.22. The number of carbonyl (C=O) groups excluding carboxylic acids is 1. The number of rotatable bonds is 3. The number of anilines is 1. The maximum absolute atomic E-state index is 13.1. The number of nitro groups is 1. The number of thiazole rings is 1. The number of carbonyl (C=O) groups is 1. The maximum Gasteiger partial charge on any atom is 0.270 e. The minimum Gasteiger partial charge on any atom is -0.307 e. The Kier molecular flexibility index (Phi) is 4.41. The predicted octanol–water partition coefficient (Wildman–Crippen LogP) is 4.88. The van der Waals surface area contributed by atoms with Crippen LogP contribution in [-0.2, 0) is 6.42 Å². The molecule has 4 rings (SSSR count). The number of hydrogen-bond acceptors (Lipinski definition) is 5. The van der Waals surface area contributed by atoms with Gasteiger partial charge in [0.2, 0.25) is 0 Å². The average Bonchev–Trinajstić information content (AvgIpc) is 3.24. The van der Waals surface area contributed by atoms with Crippen LogP contribution in [0.1, 0.15) is 20.9 Å². The molecule has 0 radical (unpaired) electrons. The SMILES string of the molecule is Cc1nc(-c2cccc(Cl)c2)sc1C(=O)N1CCc2cc([N+](=O)[O-])ccc21. The van der Waals surface area contributed by atoms with Gasteiger partial charge in [0.1, 0.15) is 9.88 Å². The van der Waals surface area contributed by atoms with Gasteiger partial charge >= 0.3 is 0 Å². The summed E-state index contributed by atoms with van der Waals surface area (Å²) in [4.78, 5) is 30.4. The third kappa shape index (κ3) is 3.20. The highest BCUT2D eigenvalue weighted by Crippen LogP contribution is 2.35. The van der Waals surface area contributed by atoms with Crippen molar-refractivity contribution in [2.45, 2.75) is 13.3 Å². The van der Waals surface area contributed by atoms with Crippen LogP contribution in [0, 0.1) is 17.0 Å². The topological polar surface area (TPSA) is 76.3 Å². The van der Waals surface area contributed by atoms with E-state index >= 15 is 0 Å². The van der Waals surface area contributed by atoms with Crippen LogP contribution < -0.4 is 4.90 Å². The van der Waals surface area contributed by atoms with E-state index in [9.17, 15) is 14.9 Å². The number of fused-ring (bicyclic) bond motifs is 1. The van der Waals surface area contributed by atoms with Crippen molar-refractivity contribution in [1.29, 1.82) is 0 Å². The Morgan fingerprint density at radius 2 is 2.11 bits per heavy atom. The van der Waals surface area contributed by atoms with E-state index < -0.39 is 4.92 Å². The van der Waals surface area contributed by atoms with Crippen LogP contribution in [0.3, 0.4) is 0 Å². The molecule has 0 saturated heterocycles. The number of hydrogen-bond donors (Lipinski definition) is 0. The van der Waals surface area contributed by atoms with Gasteiger partial charge in [0.15, 0.2) is 0 Å². The second-order valence-corrected chi connectivity index (χ2v) is 7.66. The Balaban J connectivity index is 1.66. The van der Waals surface area contributed by atoms with E-state index in [-0.39, 0.29) is 11.6 Å². The van der Waals surface area contributed by atoms with Crippen LogP contribution in [0.15, 0.2) is 42.5 Å². The number of aryl methyl sites for hydroxylation is 1. The van der Waals surface area contributed by atoms with Crippen LogP contribution in [-0.4, -0.2) is 22.4 Å². The summed E-state index contributed by atoms with van der Waals surface area (Å²) in [5.41, 5.74) is 3.11. The van der Waals surface area contributed by atoms with Gasteiger partial charge in [-0.05, 0) is 37.1 Å². The summed E-state index contributed by atoms with van der Waals surface area (Å²) in [7, 11) is 0. The van der Waals surface area contributed by atoms with Crippen molar-refractivity contribution in [2.24, 2.45) is 0 Å². The Labute approximate surface area is 164 Å². The summed E-state index contributed by atoms with van der Waals surface area (Å²) in [5.74, 6) is -0.133. The molecule has 6 nitrogen and oxygen atoms in total. The van der Waals surface area contributed by atoms with Crippen molar-refractivity contribution in [1.82, 2.24) is 4.98 Å². The molecule has 0 aliphatic carbocycles. The standard InChI is InChI=1S/C19H14ClN3O3S/c1-11-17(27-18(21-11)13-3-2-4-14(20)9-13)19(24)22-8-7-12-10-15(23(25)26)5-6-16(12)22/h2-6,9-10H,7-8H2,1H3. The highest BCUT2D eigenvalue weighted by Gasteiger charge is 2.29. The largest absolute Gasteiger partial charge is 0.307 e. The van der Waals surface area contributed by atoms with E-state index in [1.165, 1.54) is 17.4 Å². The van der Waals surface area contributed by atoms with Crippen molar-refractivity contribution in [3.63, 3.8) is 0 Å². The molecule has 0 saturated carbocycles. The number of amides is 1. The van der Waals surface area contributed by atoms with Crippen molar-refractivity contribution in [3.05, 3.63) is 73.7 Å². The van der Waals surface area contributed by atoms with Gasteiger partial charge in [0.05, 0.1) is 10.6 Å². The third-order valence-electron chi connectivity index (χ3n) is 4.48. The molecule has 1 amide bonds. The molecule has 1 aliphatic rings. The Morgan fingerprint density at radius 1 is 1.30 bits per heavy atom. The molecule has 1 aromatic heterocycles. The lowest BCUT2D eigenvalue weighted by Crippen LogP contribution is -2.28. The molecule has 0 bridgehead atoms. The fourth-order valence-electron chi connectivity index (χ4n) is 3.18. The van der Waals surface area contributed by atoms with Gasteiger partial charge in [-0.3, -0.25) is 14.9 Å². The number of aromatic nitrogens is 1. The normalized spacial score (nSPS) is 12.9. The first-order valence-electron chi connectivity index (χ1n) is 8.26. The summed E-state index contributed by atoms with van der Waals surface area (Å²) in [6.07, 6.45) is 0.599. The number of halogens is 1.